The molecule has 31 heavy (non-hydrogen) atoms. The minimum absolute atomic E-state index is 0.188. The molecule has 0 aliphatic carbocycles. The molecule has 1 amide bonds. The number of benzene rings is 1. The number of aryl methyl sites for hydroxylation is 1. The number of halogens is 3. The Hall–Kier alpha value is -3.36. The van der Waals surface area contributed by atoms with Gasteiger partial charge in [0.25, 0.3) is 5.91 Å². The molecule has 0 unspecified atom stereocenters. The van der Waals surface area contributed by atoms with Crippen molar-refractivity contribution < 1.29 is 18.0 Å². The Morgan fingerprint density at radius 2 is 1.74 bits per heavy atom. The van der Waals surface area contributed by atoms with E-state index in [0.29, 0.717) is 36.5 Å². The highest BCUT2D eigenvalue weighted by Gasteiger charge is 2.31. The van der Waals surface area contributed by atoms with Crippen LogP contribution in [-0.2, 0) is 12.6 Å². The third-order valence-electron chi connectivity index (χ3n) is 4.94. The van der Waals surface area contributed by atoms with Crippen molar-refractivity contribution >= 4 is 5.91 Å². The van der Waals surface area contributed by atoms with E-state index in [1.165, 1.54) is 12.5 Å². The van der Waals surface area contributed by atoms with E-state index in [9.17, 15) is 18.0 Å². The number of aromatic nitrogens is 4. The third kappa shape index (κ3) is 5.42. The van der Waals surface area contributed by atoms with Gasteiger partial charge in [-0.2, -0.15) is 13.2 Å². The molecule has 2 heterocycles. The van der Waals surface area contributed by atoms with E-state index in [4.69, 9.17) is 0 Å². The maximum Gasteiger partial charge on any atom is 0.419 e. The summed E-state index contributed by atoms with van der Waals surface area (Å²) in [4.78, 5) is 30.9. The zero-order valence-corrected chi connectivity index (χ0v) is 17.2. The fraction of sp³-hybridized carbons (Fsp3) is 0.318. The standard InChI is InChI=1S/C22H22F3N5O/c1-3-30(15(2)9-10-19-27-11-17(12-28-19)22(23,24)25)21(31)18-13-26-14-29-20(18)16-7-5-4-6-8-16/h4-8,11-15H,3,9-10H2,1-2H3/t15-/m0/s1. The highest BCUT2D eigenvalue weighted by Crippen LogP contribution is 2.28. The number of alkyl halides is 3. The van der Waals surface area contributed by atoms with E-state index < -0.39 is 11.7 Å². The Labute approximate surface area is 178 Å². The molecule has 0 aliphatic heterocycles. The van der Waals surface area contributed by atoms with Gasteiger partial charge >= 0.3 is 6.18 Å². The van der Waals surface area contributed by atoms with Gasteiger partial charge in [-0.15, -0.1) is 0 Å². The van der Waals surface area contributed by atoms with Crippen LogP contribution in [0.2, 0.25) is 0 Å². The summed E-state index contributed by atoms with van der Waals surface area (Å²) in [5.41, 5.74) is 0.882. The third-order valence-corrected chi connectivity index (χ3v) is 4.94. The van der Waals surface area contributed by atoms with Crippen LogP contribution < -0.4 is 0 Å². The van der Waals surface area contributed by atoms with Gasteiger partial charge in [0.15, 0.2) is 0 Å². The Balaban J connectivity index is 1.73. The van der Waals surface area contributed by atoms with Crippen LogP contribution in [0.4, 0.5) is 13.2 Å². The zero-order chi connectivity index (χ0) is 22.4. The van der Waals surface area contributed by atoms with E-state index in [-0.39, 0.29) is 11.9 Å². The number of carbonyl (C=O) groups excluding carboxylic acids is 1. The van der Waals surface area contributed by atoms with Crippen LogP contribution in [0.3, 0.4) is 0 Å². The molecule has 6 nitrogen and oxygen atoms in total. The molecule has 0 N–H and O–H groups in total. The molecule has 1 atom stereocenters. The summed E-state index contributed by atoms with van der Waals surface area (Å²) < 4.78 is 38.0. The minimum Gasteiger partial charge on any atom is -0.336 e. The van der Waals surface area contributed by atoms with Crippen LogP contribution in [-0.4, -0.2) is 43.3 Å². The van der Waals surface area contributed by atoms with Gasteiger partial charge in [0.1, 0.15) is 12.2 Å². The predicted octanol–water partition coefficient (Wildman–Crippen LogP) is 4.44. The van der Waals surface area contributed by atoms with Gasteiger partial charge in [-0.3, -0.25) is 4.79 Å². The predicted molar refractivity (Wildman–Crippen MR) is 109 cm³/mol. The molecule has 1 aromatic carbocycles. The number of rotatable bonds is 7. The van der Waals surface area contributed by atoms with Crippen LogP contribution in [0.15, 0.2) is 55.2 Å². The summed E-state index contributed by atoms with van der Waals surface area (Å²) in [5, 5.41) is 0. The first-order chi connectivity index (χ1) is 14.8. The van der Waals surface area contributed by atoms with E-state index in [2.05, 4.69) is 19.9 Å². The molecule has 0 bridgehead atoms. The maximum absolute atomic E-state index is 13.3. The molecule has 0 saturated carbocycles. The second-order valence-electron chi connectivity index (χ2n) is 7.02. The molecule has 3 aromatic rings. The minimum atomic E-state index is -4.47. The average molecular weight is 429 g/mol. The van der Waals surface area contributed by atoms with Gasteiger partial charge in [0.05, 0.1) is 16.8 Å². The number of hydrogen-bond acceptors (Lipinski definition) is 5. The van der Waals surface area contributed by atoms with Crippen molar-refractivity contribution in [3.05, 3.63) is 72.2 Å². The molecule has 0 radical (unpaired) electrons. The summed E-state index contributed by atoms with van der Waals surface area (Å²) in [6.07, 6.45) is 0.851. The van der Waals surface area contributed by atoms with Gasteiger partial charge in [0.2, 0.25) is 0 Å². The molecule has 0 saturated heterocycles. The largest absolute Gasteiger partial charge is 0.419 e. The second-order valence-corrected chi connectivity index (χ2v) is 7.02. The topological polar surface area (TPSA) is 71.9 Å². The lowest BCUT2D eigenvalue weighted by atomic mass is 10.0. The van der Waals surface area contributed by atoms with Gasteiger partial charge in [0, 0.05) is 43.2 Å². The molecule has 0 aliphatic rings. The molecule has 162 valence electrons. The summed E-state index contributed by atoms with van der Waals surface area (Å²) in [7, 11) is 0. The van der Waals surface area contributed by atoms with Gasteiger partial charge in [-0.25, -0.2) is 19.9 Å². The number of hydrogen-bond donors (Lipinski definition) is 0. The van der Waals surface area contributed by atoms with Crippen LogP contribution in [0.25, 0.3) is 11.3 Å². The fourth-order valence-electron chi connectivity index (χ4n) is 3.25. The SMILES string of the molecule is CCN(C(=O)c1cncnc1-c1ccccc1)[C@@H](C)CCc1ncc(C(F)(F)F)cn1. The summed E-state index contributed by atoms with van der Waals surface area (Å²) in [6, 6.07) is 9.19. The van der Waals surface area contributed by atoms with Crippen LogP contribution in [0.5, 0.6) is 0 Å². The Morgan fingerprint density at radius 1 is 1.06 bits per heavy atom. The number of nitrogens with zero attached hydrogens (tertiary/aromatic N) is 5. The Kier molecular flexibility index (Phi) is 6.94. The molecular formula is C22H22F3N5O. The van der Waals surface area contributed by atoms with Crippen molar-refractivity contribution in [1.82, 2.24) is 24.8 Å². The van der Waals surface area contributed by atoms with Gasteiger partial charge in [-0.1, -0.05) is 30.3 Å². The highest BCUT2D eigenvalue weighted by atomic mass is 19.4. The van der Waals surface area contributed by atoms with E-state index in [1.54, 1.807) is 4.90 Å². The summed E-state index contributed by atoms with van der Waals surface area (Å²) in [6.45, 7) is 4.21. The first-order valence-corrected chi connectivity index (χ1v) is 9.85. The number of carbonyl (C=O) groups is 1. The lowest BCUT2D eigenvalue weighted by Gasteiger charge is -2.28. The van der Waals surface area contributed by atoms with E-state index >= 15 is 0 Å². The summed E-state index contributed by atoms with van der Waals surface area (Å²) in [5.74, 6) is 0.0964. The van der Waals surface area contributed by atoms with Gasteiger partial charge in [-0.05, 0) is 20.3 Å². The highest BCUT2D eigenvalue weighted by molar-refractivity contribution is 5.99. The lowest BCUT2D eigenvalue weighted by molar-refractivity contribution is -0.138. The molecule has 2 aromatic heterocycles. The van der Waals surface area contributed by atoms with Gasteiger partial charge < -0.3 is 4.90 Å². The zero-order valence-electron chi connectivity index (χ0n) is 17.2. The van der Waals surface area contributed by atoms with Crippen molar-refractivity contribution in [1.29, 1.82) is 0 Å². The smallest absolute Gasteiger partial charge is 0.336 e. The first kappa shape index (κ1) is 22.3. The molecule has 0 fully saturated rings. The number of amides is 1. The normalized spacial score (nSPS) is 12.4. The van der Waals surface area contributed by atoms with Crippen LogP contribution >= 0.6 is 0 Å². The van der Waals surface area contributed by atoms with Crippen molar-refractivity contribution in [3.63, 3.8) is 0 Å². The van der Waals surface area contributed by atoms with Crippen LogP contribution in [0.1, 0.15) is 42.0 Å². The Morgan fingerprint density at radius 3 is 2.35 bits per heavy atom. The van der Waals surface area contributed by atoms with Crippen molar-refractivity contribution in [3.8, 4) is 11.3 Å². The maximum atomic E-state index is 13.3. The monoisotopic (exact) mass is 429 g/mol. The molecule has 3 rings (SSSR count). The van der Waals surface area contributed by atoms with E-state index in [1.807, 2.05) is 44.2 Å². The first-order valence-electron chi connectivity index (χ1n) is 9.85. The van der Waals surface area contributed by atoms with Crippen LogP contribution in [0, 0.1) is 0 Å². The van der Waals surface area contributed by atoms with Crippen molar-refractivity contribution in [2.24, 2.45) is 0 Å². The Bertz CT molecular complexity index is 1010. The summed E-state index contributed by atoms with van der Waals surface area (Å²) >= 11 is 0. The molecular weight excluding hydrogens is 407 g/mol. The molecule has 9 heteroatoms. The fourth-order valence-corrected chi connectivity index (χ4v) is 3.25. The van der Waals surface area contributed by atoms with Crippen molar-refractivity contribution in [2.45, 2.75) is 38.9 Å². The van der Waals surface area contributed by atoms with E-state index in [0.717, 1.165) is 18.0 Å². The molecule has 0 spiro atoms. The average Bonchev–Trinajstić information content (AvgIpc) is 2.78. The quantitative estimate of drug-likeness (QED) is 0.555. The lowest BCUT2D eigenvalue weighted by Crippen LogP contribution is -2.39. The second kappa shape index (κ2) is 9.63. The van der Waals surface area contributed by atoms with Crippen molar-refractivity contribution in [2.75, 3.05) is 6.54 Å².